The van der Waals surface area contributed by atoms with E-state index in [2.05, 4.69) is 37.1 Å². The van der Waals surface area contributed by atoms with Crippen molar-refractivity contribution in [3.8, 4) is 0 Å². The fourth-order valence-corrected chi connectivity index (χ4v) is 1.71. The SMILES string of the molecule is CC1=CC=CC(CN(C)CCO)C1.CO. The van der Waals surface area contributed by atoms with Gasteiger partial charge in [0.2, 0.25) is 0 Å². The highest BCUT2D eigenvalue weighted by Crippen LogP contribution is 2.18. The maximum absolute atomic E-state index is 8.75. The van der Waals surface area contributed by atoms with Crippen LogP contribution >= 0.6 is 0 Å². The molecule has 1 aliphatic carbocycles. The molecule has 0 fully saturated rings. The Morgan fingerprint density at radius 2 is 2.13 bits per heavy atom. The second-order valence-electron chi connectivity index (χ2n) is 3.85. The molecule has 15 heavy (non-hydrogen) atoms. The van der Waals surface area contributed by atoms with Crippen LogP contribution in [0.25, 0.3) is 0 Å². The third-order valence-electron chi connectivity index (χ3n) is 2.38. The van der Waals surface area contributed by atoms with Crippen LogP contribution in [0, 0.1) is 5.92 Å². The van der Waals surface area contributed by atoms with Crippen LogP contribution in [0.2, 0.25) is 0 Å². The standard InChI is InChI=1S/C11H19NO.CH4O/c1-10-4-3-5-11(8-10)9-12(2)6-7-13;1-2/h3-5,11,13H,6-9H2,1-2H3;2H,1H3. The van der Waals surface area contributed by atoms with Gasteiger partial charge in [0.05, 0.1) is 6.61 Å². The van der Waals surface area contributed by atoms with E-state index in [-0.39, 0.29) is 6.61 Å². The summed E-state index contributed by atoms with van der Waals surface area (Å²) in [6, 6.07) is 0. The molecule has 2 N–H and O–H groups in total. The third-order valence-corrected chi connectivity index (χ3v) is 2.38. The van der Waals surface area contributed by atoms with Gasteiger partial charge in [-0.05, 0) is 26.3 Å². The topological polar surface area (TPSA) is 43.7 Å². The van der Waals surface area contributed by atoms with Gasteiger partial charge in [0.15, 0.2) is 0 Å². The summed E-state index contributed by atoms with van der Waals surface area (Å²) < 4.78 is 0. The van der Waals surface area contributed by atoms with E-state index < -0.39 is 0 Å². The minimum Gasteiger partial charge on any atom is -0.400 e. The van der Waals surface area contributed by atoms with E-state index in [1.54, 1.807) is 0 Å². The van der Waals surface area contributed by atoms with Crippen molar-refractivity contribution in [3.63, 3.8) is 0 Å². The molecule has 0 aromatic heterocycles. The summed E-state index contributed by atoms with van der Waals surface area (Å²) in [5.41, 5.74) is 1.45. The third kappa shape index (κ3) is 6.44. The van der Waals surface area contributed by atoms with Gasteiger partial charge in [0.25, 0.3) is 0 Å². The van der Waals surface area contributed by atoms with Crippen molar-refractivity contribution in [2.24, 2.45) is 5.92 Å². The predicted molar refractivity (Wildman–Crippen MR) is 63.7 cm³/mol. The number of nitrogens with zero attached hydrogens (tertiary/aromatic N) is 1. The summed E-state index contributed by atoms with van der Waals surface area (Å²) in [6.07, 6.45) is 7.71. The Morgan fingerprint density at radius 3 is 2.67 bits per heavy atom. The van der Waals surface area contributed by atoms with Crippen LogP contribution in [0.15, 0.2) is 23.8 Å². The Labute approximate surface area is 92.7 Å². The molecule has 0 spiro atoms. The minimum absolute atomic E-state index is 0.252. The Kier molecular flexibility index (Phi) is 8.28. The zero-order chi connectivity index (χ0) is 11.7. The molecule has 0 aromatic rings. The molecule has 0 saturated heterocycles. The molecule has 0 saturated carbocycles. The number of rotatable bonds is 4. The lowest BCUT2D eigenvalue weighted by molar-refractivity contribution is 0.210. The smallest absolute Gasteiger partial charge is 0.0558 e. The van der Waals surface area contributed by atoms with Gasteiger partial charge in [-0.3, -0.25) is 0 Å². The monoisotopic (exact) mass is 213 g/mol. The number of hydrogen-bond acceptors (Lipinski definition) is 3. The quantitative estimate of drug-likeness (QED) is 0.733. The highest BCUT2D eigenvalue weighted by molar-refractivity contribution is 5.18. The lowest BCUT2D eigenvalue weighted by Crippen LogP contribution is -2.28. The first-order chi connectivity index (χ1) is 7.22. The highest BCUT2D eigenvalue weighted by Gasteiger charge is 2.10. The summed E-state index contributed by atoms with van der Waals surface area (Å²) in [7, 11) is 3.05. The van der Waals surface area contributed by atoms with E-state index in [9.17, 15) is 0 Å². The molecule has 1 rings (SSSR count). The fraction of sp³-hybridized carbons (Fsp3) is 0.667. The second kappa shape index (κ2) is 8.65. The molecule has 88 valence electrons. The Morgan fingerprint density at radius 1 is 1.47 bits per heavy atom. The maximum Gasteiger partial charge on any atom is 0.0558 e. The van der Waals surface area contributed by atoms with E-state index in [1.165, 1.54) is 5.57 Å². The summed E-state index contributed by atoms with van der Waals surface area (Å²) in [5, 5.41) is 15.7. The van der Waals surface area contributed by atoms with Gasteiger partial charge < -0.3 is 15.1 Å². The van der Waals surface area contributed by atoms with Crippen molar-refractivity contribution in [3.05, 3.63) is 23.8 Å². The molecule has 0 radical (unpaired) electrons. The molecule has 0 aromatic carbocycles. The number of aliphatic hydroxyl groups excluding tert-OH is 2. The van der Waals surface area contributed by atoms with Crippen molar-refractivity contribution in [1.29, 1.82) is 0 Å². The molecular formula is C12H23NO2. The second-order valence-corrected chi connectivity index (χ2v) is 3.85. The van der Waals surface area contributed by atoms with Crippen LogP contribution in [0.5, 0.6) is 0 Å². The number of hydrogen-bond donors (Lipinski definition) is 2. The average Bonchev–Trinajstić information content (AvgIpc) is 2.21. The molecule has 1 aliphatic rings. The van der Waals surface area contributed by atoms with E-state index in [0.29, 0.717) is 5.92 Å². The number of aliphatic hydroxyl groups is 2. The van der Waals surface area contributed by atoms with Gasteiger partial charge in [-0.2, -0.15) is 0 Å². The van der Waals surface area contributed by atoms with Gasteiger partial charge >= 0.3 is 0 Å². The summed E-state index contributed by atoms with van der Waals surface area (Å²) in [4.78, 5) is 2.17. The largest absolute Gasteiger partial charge is 0.400 e. The van der Waals surface area contributed by atoms with Crippen molar-refractivity contribution in [1.82, 2.24) is 4.90 Å². The van der Waals surface area contributed by atoms with E-state index >= 15 is 0 Å². The predicted octanol–water partition coefficient (Wildman–Crippen LogP) is 1.04. The first kappa shape index (κ1) is 14.4. The van der Waals surface area contributed by atoms with Gasteiger partial charge in [-0.15, -0.1) is 0 Å². The lowest BCUT2D eigenvalue weighted by Gasteiger charge is -2.22. The van der Waals surface area contributed by atoms with E-state index in [1.807, 2.05) is 0 Å². The van der Waals surface area contributed by atoms with E-state index in [0.717, 1.165) is 26.6 Å². The number of likely N-dealkylation sites (N-methyl/N-ethyl adjacent to an activating group) is 1. The molecule has 3 nitrogen and oxygen atoms in total. The molecule has 3 heteroatoms. The first-order valence-corrected chi connectivity index (χ1v) is 5.30. The normalized spacial score (nSPS) is 19.6. The first-order valence-electron chi connectivity index (χ1n) is 5.30. The molecular weight excluding hydrogens is 190 g/mol. The van der Waals surface area contributed by atoms with Crippen molar-refractivity contribution >= 4 is 0 Å². The molecule has 1 unspecified atom stereocenters. The average molecular weight is 213 g/mol. The summed E-state index contributed by atoms with van der Waals surface area (Å²) in [6.45, 7) is 4.24. The van der Waals surface area contributed by atoms with Gasteiger partial charge in [-0.25, -0.2) is 0 Å². The van der Waals surface area contributed by atoms with Crippen LogP contribution in [-0.4, -0.2) is 49.0 Å². The summed E-state index contributed by atoms with van der Waals surface area (Å²) >= 11 is 0. The zero-order valence-corrected chi connectivity index (χ0v) is 9.98. The molecule has 0 heterocycles. The Bertz CT molecular complexity index is 212. The van der Waals surface area contributed by atoms with Crippen LogP contribution in [-0.2, 0) is 0 Å². The maximum atomic E-state index is 8.75. The van der Waals surface area contributed by atoms with Gasteiger partial charge in [0.1, 0.15) is 0 Å². The van der Waals surface area contributed by atoms with Crippen molar-refractivity contribution in [2.45, 2.75) is 13.3 Å². The van der Waals surface area contributed by atoms with Gasteiger partial charge in [0, 0.05) is 20.2 Å². The van der Waals surface area contributed by atoms with Gasteiger partial charge in [-0.1, -0.05) is 23.8 Å². The van der Waals surface area contributed by atoms with Crippen molar-refractivity contribution in [2.75, 3.05) is 33.9 Å². The summed E-state index contributed by atoms with van der Waals surface area (Å²) in [5.74, 6) is 0.626. The molecule has 0 bridgehead atoms. The Balaban J connectivity index is 0.000000921. The van der Waals surface area contributed by atoms with Crippen molar-refractivity contribution < 1.29 is 10.2 Å². The zero-order valence-electron chi connectivity index (χ0n) is 9.98. The molecule has 1 atom stereocenters. The van der Waals surface area contributed by atoms with Crippen LogP contribution in [0.1, 0.15) is 13.3 Å². The minimum atomic E-state index is 0.252. The van der Waals surface area contributed by atoms with Crippen LogP contribution in [0.4, 0.5) is 0 Å². The molecule has 0 aliphatic heterocycles. The van der Waals surface area contributed by atoms with Crippen LogP contribution < -0.4 is 0 Å². The van der Waals surface area contributed by atoms with Crippen LogP contribution in [0.3, 0.4) is 0 Å². The Hall–Kier alpha value is -0.640. The van der Waals surface area contributed by atoms with E-state index in [4.69, 9.17) is 10.2 Å². The fourth-order valence-electron chi connectivity index (χ4n) is 1.71. The lowest BCUT2D eigenvalue weighted by atomic mass is 9.95. The molecule has 0 amide bonds. The number of allylic oxidation sites excluding steroid dienone is 3. The highest BCUT2D eigenvalue weighted by atomic mass is 16.3.